The molecule has 0 saturated heterocycles. The zero-order chi connectivity index (χ0) is 18.5. The molecule has 0 spiro atoms. The van der Waals surface area contributed by atoms with Crippen molar-refractivity contribution < 1.29 is 0 Å². The van der Waals surface area contributed by atoms with E-state index >= 15 is 0 Å². The Labute approximate surface area is 152 Å². The van der Waals surface area contributed by atoms with Crippen molar-refractivity contribution in [3.8, 4) is 0 Å². The molecule has 0 aliphatic carbocycles. The molecule has 0 amide bonds. The summed E-state index contributed by atoms with van der Waals surface area (Å²) in [7, 11) is 0.540. The van der Waals surface area contributed by atoms with Crippen LogP contribution >= 0.6 is 23.8 Å². The van der Waals surface area contributed by atoms with Gasteiger partial charge in [0.15, 0.2) is 0 Å². The summed E-state index contributed by atoms with van der Waals surface area (Å²) in [5.41, 5.74) is 0. The third kappa shape index (κ3) is 9.53. The lowest BCUT2D eigenvalue weighted by molar-refractivity contribution is 0.770. The topological polar surface area (TPSA) is 0 Å². The first-order valence-electron chi connectivity index (χ1n) is 9.48. The summed E-state index contributed by atoms with van der Waals surface area (Å²) < 4.78 is 0. The van der Waals surface area contributed by atoms with Gasteiger partial charge in [0.05, 0.1) is 0 Å². The Bertz CT molecular complexity index is 291. The van der Waals surface area contributed by atoms with Crippen LogP contribution in [0.25, 0.3) is 0 Å². The Balaban J connectivity index is 4.79. The van der Waals surface area contributed by atoms with Crippen LogP contribution in [-0.4, -0.2) is 52.4 Å². The lowest BCUT2D eigenvalue weighted by atomic mass is 10.3. The van der Waals surface area contributed by atoms with E-state index in [0.29, 0.717) is 15.5 Å². The number of rotatable bonds is 8. The predicted octanol–water partition coefficient (Wildman–Crippen LogP) is 7.87. The van der Waals surface area contributed by atoms with Crippen LogP contribution in [0.5, 0.6) is 0 Å². The van der Waals surface area contributed by atoms with Crippen molar-refractivity contribution in [2.24, 2.45) is 0 Å². The van der Waals surface area contributed by atoms with Gasteiger partial charge in [-0.3, -0.25) is 0 Å². The summed E-state index contributed by atoms with van der Waals surface area (Å²) in [6.07, 6.45) is 8.81. The van der Waals surface area contributed by atoms with Gasteiger partial charge in [0, 0.05) is 0 Å². The van der Waals surface area contributed by atoms with Gasteiger partial charge in [0.25, 0.3) is 0 Å². The molecule has 0 aliphatic heterocycles. The molecule has 2 atom stereocenters. The van der Waals surface area contributed by atoms with E-state index in [9.17, 15) is 0 Å². The molecule has 3 heteroatoms. The van der Waals surface area contributed by atoms with Crippen LogP contribution < -0.4 is 0 Å². The molecule has 0 rings (SSSR count). The average molecular weight is 379 g/mol. The van der Waals surface area contributed by atoms with E-state index in [-0.39, 0.29) is 23.8 Å². The molecule has 0 saturated carbocycles. The molecule has 0 fully saturated rings. The highest BCUT2D eigenvalue weighted by atomic mass is 31.1. The maximum atomic E-state index is 2.50. The van der Waals surface area contributed by atoms with E-state index in [1.54, 1.807) is 0 Å². The number of hydrogen-bond acceptors (Lipinski definition) is 0. The van der Waals surface area contributed by atoms with E-state index in [2.05, 4.69) is 76.2 Å². The van der Waals surface area contributed by atoms with Crippen LogP contribution in [0.2, 0.25) is 0 Å². The van der Waals surface area contributed by atoms with E-state index in [1.807, 2.05) is 0 Å². The van der Waals surface area contributed by atoms with Gasteiger partial charge in [0.2, 0.25) is 0 Å². The lowest BCUT2D eigenvalue weighted by Crippen LogP contribution is -2.22. The first-order chi connectivity index (χ1) is 10.2. The summed E-state index contributed by atoms with van der Waals surface area (Å²) in [4.78, 5) is 0. The molecule has 0 bridgehead atoms. The maximum Gasteiger partial charge on any atom is -0.0179 e. The van der Waals surface area contributed by atoms with Gasteiger partial charge in [-0.1, -0.05) is 76.2 Å². The van der Waals surface area contributed by atoms with E-state index in [0.717, 1.165) is 0 Å². The van der Waals surface area contributed by atoms with Crippen LogP contribution in [0, 0.1) is 0 Å². The first kappa shape index (κ1) is 24.3. The van der Waals surface area contributed by atoms with Gasteiger partial charge in [0.1, 0.15) is 0 Å². The third-order valence-electron chi connectivity index (χ3n) is 4.89. The highest BCUT2D eigenvalue weighted by Gasteiger charge is 2.29. The van der Waals surface area contributed by atoms with Crippen LogP contribution in [0.4, 0.5) is 0 Å². The normalized spacial score (nSPS) is 17.9. The van der Waals surface area contributed by atoms with Crippen molar-refractivity contribution in [2.75, 3.05) is 37.0 Å². The largest absolute Gasteiger partial charge is 0.101 e. The minimum atomic E-state index is 0.160. The van der Waals surface area contributed by atoms with Crippen molar-refractivity contribution in [3.63, 3.8) is 0 Å². The SMILES string of the molecule is CCP(CCP(CCP(CC)C(C)(C)C)C(C)(C)C)C(C)(C)C. The van der Waals surface area contributed by atoms with Crippen molar-refractivity contribution >= 4 is 23.8 Å². The highest BCUT2D eigenvalue weighted by Crippen LogP contribution is 2.58. The monoisotopic (exact) mass is 378 g/mol. The number of hydrogen-bond donors (Lipinski definition) is 0. The fourth-order valence-electron chi connectivity index (χ4n) is 3.20. The Morgan fingerprint density at radius 2 is 0.652 bits per heavy atom. The molecule has 0 N–H and O–H groups in total. The quantitative estimate of drug-likeness (QED) is 0.377. The second kappa shape index (κ2) is 9.84. The molecular weight excluding hydrogens is 333 g/mol. The molecular formula is C20H45P3. The summed E-state index contributed by atoms with van der Waals surface area (Å²) >= 11 is 0. The Morgan fingerprint density at radius 3 is 0.826 bits per heavy atom. The van der Waals surface area contributed by atoms with Crippen LogP contribution in [0.15, 0.2) is 0 Å². The minimum Gasteiger partial charge on any atom is -0.101 e. The molecule has 0 aromatic rings. The summed E-state index contributed by atoms with van der Waals surface area (Å²) in [6, 6.07) is 0. The fourth-order valence-corrected chi connectivity index (χ4v) is 12.5. The molecule has 2 unspecified atom stereocenters. The molecule has 140 valence electrons. The van der Waals surface area contributed by atoms with E-state index in [1.165, 1.54) is 37.0 Å². The Hall–Kier alpha value is 1.29. The Morgan fingerprint density at radius 1 is 0.435 bits per heavy atom. The highest BCUT2D eigenvalue weighted by molar-refractivity contribution is 7.65. The van der Waals surface area contributed by atoms with Crippen LogP contribution in [0.1, 0.15) is 76.2 Å². The second-order valence-electron chi connectivity index (χ2n) is 9.66. The zero-order valence-corrected chi connectivity index (χ0v) is 20.8. The van der Waals surface area contributed by atoms with Crippen molar-refractivity contribution in [1.29, 1.82) is 0 Å². The lowest BCUT2D eigenvalue weighted by Gasteiger charge is -2.38. The third-order valence-corrected chi connectivity index (χ3v) is 15.9. The molecule has 23 heavy (non-hydrogen) atoms. The van der Waals surface area contributed by atoms with Crippen LogP contribution in [0.3, 0.4) is 0 Å². The van der Waals surface area contributed by atoms with Gasteiger partial charge in [-0.25, -0.2) is 0 Å². The van der Waals surface area contributed by atoms with Crippen molar-refractivity contribution in [2.45, 2.75) is 91.6 Å². The predicted molar refractivity (Wildman–Crippen MR) is 121 cm³/mol. The van der Waals surface area contributed by atoms with E-state index < -0.39 is 0 Å². The molecule has 0 nitrogen and oxygen atoms in total. The first-order valence-corrected chi connectivity index (χ1v) is 14.6. The van der Waals surface area contributed by atoms with Gasteiger partial charge < -0.3 is 0 Å². The average Bonchev–Trinajstić information content (AvgIpc) is 2.32. The second-order valence-corrected chi connectivity index (χ2v) is 20.0. The molecule has 0 heterocycles. The minimum absolute atomic E-state index is 0.160. The summed E-state index contributed by atoms with van der Waals surface area (Å²) in [5, 5.41) is 1.59. The van der Waals surface area contributed by atoms with E-state index in [4.69, 9.17) is 0 Å². The van der Waals surface area contributed by atoms with Crippen molar-refractivity contribution in [1.82, 2.24) is 0 Å². The maximum absolute atomic E-state index is 2.50. The summed E-state index contributed by atoms with van der Waals surface area (Å²) in [6.45, 7) is 27.0. The van der Waals surface area contributed by atoms with Gasteiger partial charge in [-0.15, -0.1) is 23.8 Å². The molecule has 0 aliphatic rings. The standard InChI is InChI=1S/C20H45P3/c1-12-21(18(3,4)5)14-16-23(20(9,10)11)17-15-22(13-2)19(6,7)8/h12-17H2,1-11H3. The van der Waals surface area contributed by atoms with Crippen LogP contribution in [-0.2, 0) is 0 Å². The van der Waals surface area contributed by atoms with Crippen molar-refractivity contribution in [3.05, 3.63) is 0 Å². The smallest absolute Gasteiger partial charge is 0.0179 e. The Kier molecular flexibility index (Phi) is 10.4. The van der Waals surface area contributed by atoms with Gasteiger partial charge in [-0.05, 0) is 52.4 Å². The fraction of sp³-hybridized carbons (Fsp3) is 1.00. The summed E-state index contributed by atoms with van der Waals surface area (Å²) in [5.74, 6) is 0. The molecule has 0 radical (unpaired) electrons. The molecule has 0 aromatic heterocycles. The van der Waals surface area contributed by atoms with Gasteiger partial charge in [-0.2, -0.15) is 0 Å². The zero-order valence-electron chi connectivity index (χ0n) is 18.1. The van der Waals surface area contributed by atoms with Gasteiger partial charge >= 0.3 is 0 Å². The molecule has 0 aromatic carbocycles.